The Kier molecular flexibility index (Phi) is 5.05. The van der Waals surface area contributed by atoms with Crippen molar-refractivity contribution < 1.29 is 4.84 Å². The van der Waals surface area contributed by atoms with Crippen LogP contribution in [0.15, 0.2) is 53.8 Å². The van der Waals surface area contributed by atoms with Crippen LogP contribution in [0.3, 0.4) is 0 Å². The lowest BCUT2D eigenvalue weighted by Gasteiger charge is -2.05. The number of nitrogens with zero attached hydrogens (tertiary/aromatic N) is 3. The van der Waals surface area contributed by atoms with E-state index in [-0.39, 0.29) is 0 Å². The molecule has 1 aromatic heterocycles. The van der Waals surface area contributed by atoms with Crippen molar-refractivity contribution in [2.75, 3.05) is 6.61 Å². The van der Waals surface area contributed by atoms with Crippen molar-refractivity contribution in [1.82, 2.24) is 10.2 Å². The third-order valence-electron chi connectivity index (χ3n) is 2.61. The Labute approximate surface area is 113 Å². The van der Waals surface area contributed by atoms with E-state index in [1.807, 2.05) is 42.5 Å². The summed E-state index contributed by atoms with van der Waals surface area (Å²) in [5.41, 5.74) is 2.40. The number of hydrogen-bond donors (Lipinski definition) is 0. The van der Waals surface area contributed by atoms with Gasteiger partial charge in [0.05, 0.1) is 0 Å². The van der Waals surface area contributed by atoms with Crippen LogP contribution in [0.25, 0.3) is 0 Å². The summed E-state index contributed by atoms with van der Waals surface area (Å²) in [6.45, 7) is 2.74. The van der Waals surface area contributed by atoms with Crippen molar-refractivity contribution in [3.63, 3.8) is 0 Å². The van der Waals surface area contributed by atoms with Gasteiger partial charge in [0.25, 0.3) is 0 Å². The van der Waals surface area contributed by atoms with E-state index in [2.05, 4.69) is 22.3 Å². The summed E-state index contributed by atoms with van der Waals surface area (Å²) in [5, 5.41) is 12.2. The molecule has 0 unspecified atom stereocenters. The first-order valence-corrected chi connectivity index (χ1v) is 6.45. The van der Waals surface area contributed by atoms with Gasteiger partial charge in [0.2, 0.25) is 0 Å². The second-order valence-electron chi connectivity index (χ2n) is 4.10. The molecule has 0 N–H and O–H groups in total. The van der Waals surface area contributed by atoms with Crippen LogP contribution in [-0.2, 0) is 4.84 Å². The van der Waals surface area contributed by atoms with Crippen LogP contribution in [0.1, 0.15) is 31.0 Å². The van der Waals surface area contributed by atoms with E-state index in [9.17, 15) is 0 Å². The van der Waals surface area contributed by atoms with Gasteiger partial charge in [-0.1, -0.05) is 48.8 Å². The molecule has 0 saturated heterocycles. The molecule has 0 aliphatic heterocycles. The SMILES string of the molecule is CCCCO/N=C(\c1ccccc1)c1cccnn1. The third-order valence-corrected chi connectivity index (χ3v) is 2.61. The maximum Gasteiger partial charge on any atom is 0.137 e. The van der Waals surface area contributed by atoms with Crippen molar-refractivity contribution in [3.8, 4) is 0 Å². The van der Waals surface area contributed by atoms with Crippen LogP contribution in [0.4, 0.5) is 0 Å². The summed E-state index contributed by atoms with van der Waals surface area (Å²) in [6, 6.07) is 13.6. The van der Waals surface area contributed by atoms with Crippen molar-refractivity contribution in [3.05, 3.63) is 59.9 Å². The summed E-state index contributed by atoms with van der Waals surface area (Å²) in [6.07, 6.45) is 3.72. The normalized spacial score (nSPS) is 11.3. The molecule has 4 nitrogen and oxygen atoms in total. The first-order valence-electron chi connectivity index (χ1n) is 6.45. The van der Waals surface area contributed by atoms with E-state index in [1.54, 1.807) is 6.20 Å². The molecule has 98 valence electrons. The van der Waals surface area contributed by atoms with E-state index in [1.165, 1.54) is 0 Å². The highest BCUT2D eigenvalue weighted by molar-refractivity contribution is 6.11. The minimum Gasteiger partial charge on any atom is -0.395 e. The van der Waals surface area contributed by atoms with Gasteiger partial charge < -0.3 is 4.84 Å². The Morgan fingerprint density at radius 3 is 2.68 bits per heavy atom. The summed E-state index contributed by atoms with van der Waals surface area (Å²) < 4.78 is 0. The second-order valence-corrected chi connectivity index (χ2v) is 4.10. The molecule has 0 aliphatic carbocycles. The fraction of sp³-hybridized carbons (Fsp3) is 0.267. The van der Waals surface area contributed by atoms with E-state index in [0.717, 1.165) is 18.4 Å². The molecular formula is C15H17N3O. The number of aromatic nitrogens is 2. The Bertz CT molecular complexity index is 470. The molecular weight excluding hydrogens is 238 g/mol. The van der Waals surface area contributed by atoms with E-state index >= 15 is 0 Å². The largest absolute Gasteiger partial charge is 0.395 e. The maximum atomic E-state index is 5.37. The van der Waals surface area contributed by atoms with Crippen LogP contribution in [0.5, 0.6) is 0 Å². The zero-order chi connectivity index (χ0) is 13.3. The minimum absolute atomic E-state index is 0.618. The monoisotopic (exact) mass is 255 g/mol. The summed E-state index contributed by atoms with van der Waals surface area (Å²) in [7, 11) is 0. The molecule has 0 amide bonds. The molecule has 2 rings (SSSR count). The molecule has 19 heavy (non-hydrogen) atoms. The molecule has 0 saturated carbocycles. The third kappa shape index (κ3) is 3.88. The lowest BCUT2D eigenvalue weighted by Crippen LogP contribution is -2.07. The van der Waals surface area contributed by atoms with Gasteiger partial charge in [0.15, 0.2) is 0 Å². The van der Waals surface area contributed by atoms with Gasteiger partial charge in [-0.15, -0.1) is 5.10 Å². The zero-order valence-electron chi connectivity index (χ0n) is 11.0. The minimum atomic E-state index is 0.618. The van der Waals surface area contributed by atoms with Gasteiger partial charge in [-0.2, -0.15) is 5.10 Å². The van der Waals surface area contributed by atoms with E-state index < -0.39 is 0 Å². The molecule has 0 radical (unpaired) electrons. The van der Waals surface area contributed by atoms with Crippen molar-refractivity contribution in [2.24, 2.45) is 5.16 Å². The average molecular weight is 255 g/mol. The molecule has 2 aromatic rings. The number of hydrogen-bond acceptors (Lipinski definition) is 4. The zero-order valence-corrected chi connectivity index (χ0v) is 11.0. The van der Waals surface area contributed by atoms with Gasteiger partial charge in [-0.3, -0.25) is 0 Å². The van der Waals surface area contributed by atoms with E-state index in [0.29, 0.717) is 18.0 Å². The first-order chi connectivity index (χ1) is 9.42. The Morgan fingerprint density at radius 1 is 1.16 bits per heavy atom. The van der Waals surface area contributed by atoms with Crippen LogP contribution >= 0.6 is 0 Å². The molecule has 0 atom stereocenters. The van der Waals surface area contributed by atoms with Crippen molar-refractivity contribution >= 4 is 5.71 Å². The molecule has 1 aromatic carbocycles. The van der Waals surface area contributed by atoms with Gasteiger partial charge in [-0.05, 0) is 18.6 Å². The van der Waals surface area contributed by atoms with Crippen LogP contribution < -0.4 is 0 Å². The first kappa shape index (κ1) is 13.2. The fourth-order valence-electron chi connectivity index (χ4n) is 1.59. The number of unbranched alkanes of at least 4 members (excludes halogenated alkanes) is 1. The topological polar surface area (TPSA) is 47.4 Å². The Balaban J connectivity index is 2.24. The maximum absolute atomic E-state index is 5.37. The molecule has 4 heteroatoms. The van der Waals surface area contributed by atoms with E-state index in [4.69, 9.17) is 4.84 Å². The number of rotatable bonds is 6. The number of benzene rings is 1. The predicted octanol–water partition coefficient (Wildman–Crippen LogP) is 3.05. The summed E-state index contributed by atoms with van der Waals surface area (Å²) >= 11 is 0. The molecule has 0 spiro atoms. The highest BCUT2D eigenvalue weighted by Gasteiger charge is 2.09. The Hall–Kier alpha value is -2.23. The second kappa shape index (κ2) is 7.26. The van der Waals surface area contributed by atoms with Crippen LogP contribution in [-0.4, -0.2) is 22.5 Å². The highest BCUT2D eigenvalue weighted by Crippen LogP contribution is 2.08. The average Bonchev–Trinajstić information content (AvgIpc) is 2.49. The molecule has 0 bridgehead atoms. The standard InChI is InChI=1S/C15H17N3O/c1-2-3-12-19-18-15(13-8-5-4-6-9-13)14-10-7-11-16-17-14/h4-11H,2-3,12H2,1H3/b18-15+. The lowest BCUT2D eigenvalue weighted by atomic mass is 10.1. The molecule has 0 fully saturated rings. The summed E-state index contributed by atoms with van der Waals surface area (Å²) in [4.78, 5) is 5.37. The van der Waals surface area contributed by atoms with Gasteiger partial charge >= 0.3 is 0 Å². The van der Waals surface area contributed by atoms with Crippen LogP contribution in [0.2, 0.25) is 0 Å². The Morgan fingerprint density at radius 2 is 2.00 bits per heavy atom. The van der Waals surface area contributed by atoms with Crippen molar-refractivity contribution in [2.45, 2.75) is 19.8 Å². The van der Waals surface area contributed by atoms with Gasteiger partial charge in [0.1, 0.15) is 18.0 Å². The fourth-order valence-corrected chi connectivity index (χ4v) is 1.59. The quantitative estimate of drug-likeness (QED) is 0.453. The molecule has 0 aliphatic rings. The lowest BCUT2D eigenvalue weighted by molar-refractivity contribution is 0.141. The molecule has 1 heterocycles. The van der Waals surface area contributed by atoms with Gasteiger partial charge in [0, 0.05) is 11.8 Å². The summed E-state index contributed by atoms with van der Waals surface area (Å²) in [5.74, 6) is 0. The van der Waals surface area contributed by atoms with Gasteiger partial charge in [-0.25, -0.2) is 0 Å². The highest BCUT2D eigenvalue weighted by atomic mass is 16.6. The van der Waals surface area contributed by atoms with Crippen molar-refractivity contribution in [1.29, 1.82) is 0 Å². The smallest absolute Gasteiger partial charge is 0.137 e. The number of oxime groups is 1. The van der Waals surface area contributed by atoms with Crippen LogP contribution in [0, 0.1) is 0 Å². The predicted molar refractivity (Wildman–Crippen MR) is 75.0 cm³/mol.